The average molecular weight is 238 g/mol. The molecule has 1 saturated heterocycles. The Hall–Kier alpha value is -0.570. The van der Waals surface area contributed by atoms with E-state index in [4.69, 9.17) is 0 Å². The van der Waals surface area contributed by atoms with E-state index in [0.717, 1.165) is 25.4 Å². The first-order chi connectivity index (χ1) is 8.33. The second-order valence-electron chi connectivity index (χ2n) is 5.52. The number of carbonyl (C=O) groups is 1. The molecule has 2 fully saturated rings. The highest BCUT2D eigenvalue weighted by molar-refractivity contribution is 5.78. The second kappa shape index (κ2) is 6.39. The standard InChI is InChI=1S/C14H26N2O/c1-2-9-15-11-14(17)16-10-5-8-13(16)12-6-3-4-7-12/h12-13,15H,2-11H2,1H3. The molecule has 1 heterocycles. The molecule has 2 rings (SSSR count). The fraction of sp³-hybridized carbons (Fsp3) is 0.929. The van der Waals surface area contributed by atoms with Gasteiger partial charge in [-0.05, 0) is 44.6 Å². The highest BCUT2D eigenvalue weighted by Crippen LogP contribution is 2.35. The molecule has 1 aliphatic heterocycles. The molecule has 17 heavy (non-hydrogen) atoms. The van der Waals surface area contributed by atoms with Crippen LogP contribution in [-0.4, -0.2) is 36.5 Å². The summed E-state index contributed by atoms with van der Waals surface area (Å²) in [5.74, 6) is 1.13. The van der Waals surface area contributed by atoms with E-state index >= 15 is 0 Å². The first kappa shape index (κ1) is 12.9. The van der Waals surface area contributed by atoms with Gasteiger partial charge in [-0.1, -0.05) is 19.8 Å². The topological polar surface area (TPSA) is 32.3 Å². The van der Waals surface area contributed by atoms with E-state index in [1.807, 2.05) is 0 Å². The van der Waals surface area contributed by atoms with Crippen LogP contribution < -0.4 is 5.32 Å². The first-order valence-corrected chi connectivity index (χ1v) is 7.33. The van der Waals surface area contributed by atoms with Gasteiger partial charge in [0.05, 0.1) is 6.54 Å². The minimum absolute atomic E-state index is 0.327. The lowest BCUT2D eigenvalue weighted by Crippen LogP contribution is -2.43. The smallest absolute Gasteiger partial charge is 0.236 e. The molecule has 0 radical (unpaired) electrons. The van der Waals surface area contributed by atoms with Gasteiger partial charge in [0.1, 0.15) is 0 Å². The second-order valence-corrected chi connectivity index (χ2v) is 5.52. The summed E-state index contributed by atoms with van der Waals surface area (Å²) in [4.78, 5) is 14.3. The van der Waals surface area contributed by atoms with E-state index in [1.54, 1.807) is 0 Å². The molecule has 2 aliphatic rings. The summed E-state index contributed by atoms with van der Waals surface area (Å²) in [5, 5.41) is 3.23. The van der Waals surface area contributed by atoms with Crippen LogP contribution in [0.4, 0.5) is 0 Å². The highest BCUT2D eigenvalue weighted by Gasteiger charge is 2.35. The maximum absolute atomic E-state index is 12.2. The zero-order valence-corrected chi connectivity index (χ0v) is 11.1. The van der Waals surface area contributed by atoms with Gasteiger partial charge in [0, 0.05) is 12.6 Å². The first-order valence-electron chi connectivity index (χ1n) is 7.33. The lowest BCUT2D eigenvalue weighted by atomic mass is 9.96. The summed E-state index contributed by atoms with van der Waals surface area (Å²) < 4.78 is 0. The summed E-state index contributed by atoms with van der Waals surface area (Å²) in [6.07, 6.45) is 8.98. The van der Waals surface area contributed by atoms with Crippen molar-refractivity contribution in [1.29, 1.82) is 0 Å². The summed E-state index contributed by atoms with van der Waals surface area (Å²) in [6.45, 7) is 4.62. The van der Waals surface area contributed by atoms with Gasteiger partial charge in [0.25, 0.3) is 0 Å². The van der Waals surface area contributed by atoms with Crippen molar-refractivity contribution in [3.63, 3.8) is 0 Å². The summed E-state index contributed by atoms with van der Waals surface area (Å²) in [5.41, 5.74) is 0. The van der Waals surface area contributed by atoms with Crippen molar-refractivity contribution in [2.24, 2.45) is 5.92 Å². The Labute approximate surface area is 105 Å². The molecule has 1 aliphatic carbocycles. The number of amides is 1. The van der Waals surface area contributed by atoms with Gasteiger partial charge < -0.3 is 10.2 Å². The predicted octanol–water partition coefficient (Wildman–Crippen LogP) is 2.17. The molecule has 1 N–H and O–H groups in total. The van der Waals surface area contributed by atoms with Crippen LogP contribution in [0.2, 0.25) is 0 Å². The number of rotatable bonds is 5. The van der Waals surface area contributed by atoms with Crippen molar-refractivity contribution in [3.8, 4) is 0 Å². The van der Waals surface area contributed by atoms with Crippen molar-refractivity contribution in [1.82, 2.24) is 10.2 Å². The molecular weight excluding hydrogens is 212 g/mol. The van der Waals surface area contributed by atoms with E-state index in [1.165, 1.54) is 38.5 Å². The zero-order valence-electron chi connectivity index (χ0n) is 11.1. The molecule has 3 heteroatoms. The number of nitrogens with zero attached hydrogens (tertiary/aromatic N) is 1. The van der Waals surface area contributed by atoms with Crippen molar-refractivity contribution in [2.45, 2.75) is 57.9 Å². The van der Waals surface area contributed by atoms with E-state index in [0.29, 0.717) is 18.5 Å². The minimum atomic E-state index is 0.327. The molecule has 0 aromatic heterocycles. The van der Waals surface area contributed by atoms with Gasteiger partial charge in [-0.3, -0.25) is 4.79 Å². The molecule has 0 aromatic carbocycles. The minimum Gasteiger partial charge on any atom is -0.338 e. The van der Waals surface area contributed by atoms with Gasteiger partial charge in [0.15, 0.2) is 0 Å². The fourth-order valence-electron chi connectivity index (χ4n) is 3.41. The molecular formula is C14H26N2O. The number of nitrogens with one attached hydrogen (secondary N) is 1. The normalized spacial score (nSPS) is 25.7. The van der Waals surface area contributed by atoms with Crippen molar-refractivity contribution in [2.75, 3.05) is 19.6 Å². The van der Waals surface area contributed by atoms with Gasteiger partial charge >= 0.3 is 0 Å². The molecule has 0 bridgehead atoms. The van der Waals surface area contributed by atoms with Crippen LogP contribution in [-0.2, 0) is 4.79 Å². The Kier molecular flexibility index (Phi) is 4.84. The van der Waals surface area contributed by atoms with Crippen LogP contribution in [0, 0.1) is 5.92 Å². The van der Waals surface area contributed by atoms with E-state index in [2.05, 4.69) is 17.1 Å². The lowest BCUT2D eigenvalue weighted by Gasteiger charge is -2.29. The maximum Gasteiger partial charge on any atom is 0.236 e. The van der Waals surface area contributed by atoms with Crippen molar-refractivity contribution >= 4 is 5.91 Å². The van der Waals surface area contributed by atoms with Crippen LogP contribution in [0.3, 0.4) is 0 Å². The Morgan fingerprint density at radius 2 is 2.00 bits per heavy atom. The molecule has 0 spiro atoms. The molecule has 1 atom stereocenters. The Morgan fingerprint density at radius 1 is 1.24 bits per heavy atom. The highest BCUT2D eigenvalue weighted by atomic mass is 16.2. The van der Waals surface area contributed by atoms with Gasteiger partial charge in [-0.15, -0.1) is 0 Å². The Morgan fingerprint density at radius 3 is 2.71 bits per heavy atom. The monoisotopic (exact) mass is 238 g/mol. The molecule has 0 aromatic rings. The largest absolute Gasteiger partial charge is 0.338 e. The molecule has 98 valence electrons. The third-order valence-corrected chi connectivity index (χ3v) is 4.27. The maximum atomic E-state index is 12.2. The van der Waals surface area contributed by atoms with Crippen LogP contribution >= 0.6 is 0 Å². The van der Waals surface area contributed by atoms with E-state index in [9.17, 15) is 4.79 Å². The van der Waals surface area contributed by atoms with E-state index in [-0.39, 0.29) is 0 Å². The van der Waals surface area contributed by atoms with Crippen LogP contribution in [0.5, 0.6) is 0 Å². The lowest BCUT2D eigenvalue weighted by molar-refractivity contribution is -0.131. The number of hydrogen-bond acceptors (Lipinski definition) is 2. The van der Waals surface area contributed by atoms with Crippen molar-refractivity contribution < 1.29 is 4.79 Å². The van der Waals surface area contributed by atoms with Gasteiger partial charge in [-0.25, -0.2) is 0 Å². The third-order valence-electron chi connectivity index (χ3n) is 4.27. The summed E-state index contributed by atoms with van der Waals surface area (Å²) in [6, 6.07) is 0.563. The number of hydrogen-bond donors (Lipinski definition) is 1. The molecule has 1 unspecified atom stereocenters. The fourth-order valence-corrected chi connectivity index (χ4v) is 3.41. The van der Waals surface area contributed by atoms with Gasteiger partial charge in [-0.2, -0.15) is 0 Å². The Balaban J connectivity index is 1.83. The van der Waals surface area contributed by atoms with Crippen molar-refractivity contribution in [3.05, 3.63) is 0 Å². The summed E-state index contributed by atoms with van der Waals surface area (Å²) in [7, 11) is 0. The van der Waals surface area contributed by atoms with Crippen LogP contribution in [0.15, 0.2) is 0 Å². The number of likely N-dealkylation sites (tertiary alicyclic amines) is 1. The molecule has 1 saturated carbocycles. The summed E-state index contributed by atoms with van der Waals surface area (Å²) >= 11 is 0. The quantitative estimate of drug-likeness (QED) is 0.745. The van der Waals surface area contributed by atoms with Gasteiger partial charge in [0.2, 0.25) is 5.91 Å². The Bertz CT molecular complexity index is 249. The third kappa shape index (κ3) is 3.21. The predicted molar refractivity (Wildman–Crippen MR) is 69.9 cm³/mol. The van der Waals surface area contributed by atoms with E-state index < -0.39 is 0 Å². The van der Waals surface area contributed by atoms with Crippen LogP contribution in [0.1, 0.15) is 51.9 Å². The zero-order chi connectivity index (χ0) is 12.1. The number of carbonyl (C=O) groups excluding carboxylic acids is 1. The SMILES string of the molecule is CCCNCC(=O)N1CCCC1C1CCCC1. The van der Waals surface area contributed by atoms with Crippen LogP contribution in [0.25, 0.3) is 0 Å². The average Bonchev–Trinajstić information content (AvgIpc) is 2.99. The molecule has 1 amide bonds. The molecule has 3 nitrogen and oxygen atoms in total.